The van der Waals surface area contributed by atoms with Gasteiger partial charge in [0, 0.05) is 0 Å². The Bertz CT molecular complexity index is 257. The van der Waals surface area contributed by atoms with Gasteiger partial charge in [-0.3, -0.25) is 9.59 Å². The van der Waals surface area contributed by atoms with E-state index in [0.29, 0.717) is 6.61 Å². The molecule has 0 aliphatic rings. The second kappa shape index (κ2) is 12.5. The van der Waals surface area contributed by atoms with Crippen LogP contribution in [0.5, 0.6) is 0 Å². The van der Waals surface area contributed by atoms with Crippen LogP contribution in [-0.2, 0) is 19.1 Å². The minimum absolute atomic E-state index is 0.00480. The fourth-order valence-electron chi connectivity index (χ4n) is 1.40. The summed E-state index contributed by atoms with van der Waals surface area (Å²) in [5.41, 5.74) is 0. The van der Waals surface area contributed by atoms with Gasteiger partial charge in [-0.15, -0.1) is 23.2 Å². The topological polar surface area (TPSA) is 52.6 Å². The van der Waals surface area contributed by atoms with Crippen molar-refractivity contribution >= 4 is 35.1 Å². The Morgan fingerprint density at radius 1 is 0.947 bits per heavy atom. The molecule has 0 aromatic rings. The SMILES string of the molecule is CCCCCCCOC(=O)CCC(=O)OCC(Cl)Cl. The number of unbranched alkanes of at least 4 members (excludes halogenated alkanes) is 4. The predicted molar refractivity (Wildman–Crippen MR) is 75.4 cm³/mol. The summed E-state index contributed by atoms with van der Waals surface area (Å²) in [6, 6.07) is 0. The Balaban J connectivity index is 3.41. The summed E-state index contributed by atoms with van der Waals surface area (Å²) in [5.74, 6) is -0.869. The molecule has 0 aromatic carbocycles. The van der Waals surface area contributed by atoms with Gasteiger partial charge in [0.2, 0.25) is 0 Å². The molecule has 0 radical (unpaired) electrons. The molecule has 112 valence electrons. The number of hydrogen-bond acceptors (Lipinski definition) is 4. The van der Waals surface area contributed by atoms with E-state index in [1.807, 2.05) is 0 Å². The molecule has 0 bridgehead atoms. The van der Waals surface area contributed by atoms with Crippen LogP contribution in [0.25, 0.3) is 0 Å². The zero-order chi connectivity index (χ0) is 14.5. The molecule has 0 fully saturated rings. The molecule has 0 heterocycles. The molecule has 0 saturated heterocycles. The summed E-state index contributed by atoms with van der Waals surface area (Å²) in [6.07, 6.45) is 5.53. The monoisotopic (exact) mass is 312 g/mol. The Morgan fingerprint density at radius 2 is 1.53 bits per heavy atom. The summed E-state index contributed by atoms with van der Waals surface area (Å²) in [7, 11) is 0. The largest absolute Gasteiger partial charge is 0.466 e. The predicted octanol–water partition coefficient (Wildman–Crippen LogP) is 3.63. The third-order valence-electron chi connectivity index (χ3n) is 2.41. The molecule has 0 amide bonds. The van der Waals surface area contributed by atoms with Crippen LogP contribution in [0.2, 0.25) is 0 Å². The van der Waals surface area contributed by atoms with Gasteiger partial charge in [-0.05, 0) is 6.42 Å². The minimum Gasteiger partial charge on any atom is -0.466 e. The first-order valence-electron chi connectivity index (χ1n) is 6.65. The molecule has 6 heteroatoms. The summed E-state index contributed by atoms with van der Waals surface area (Å²) in [4.78, 5) is 21.7. The van der Waals surface area contributed by atoms with Gasteiger partial charge in [-0.25, -0.2) is 0 Å². The van der Waals surface area contributed by atoms with Crippen molar-refractivity contribution in [3.05, 3.63) is 0 Å². The second-order valence-corrected chi connectivity index (χ2v) is 5.49. The highest BCUT2D eigenvalue weighted by Gasteiger charge is 2.10. The number of rotatable bonds is 11. The van der Waals surface area contributed by atoms with Crippen molar-refractivity contribution in [2.45, 2.75) is 56.7 Å². The molecule has 0 unspecified atom stereocenters. The van der Waals surface area contributed by atoms with Crippen LogP contribution >= 0.6 is 23.2 Å². The van der Waals surface area contributed by atoms with Crippen LogP contribution in [0.4, 0.5) is 0 Å². The zero-order valence-corrected chi connectivity index (χ0v) is 12.8. The number of hydrogen-bond donors (Lipinski definition) is 0. The van der Waals surface area contributed by atoms with Crippen molar-refractivity contribution in [3.8, 4) is 0 Å². The lowest BCUT2D eigenvalue weighted by Crippen LogP contribution is -2.13. The first kappa shape index (κ1) is 18.5. The number of ether oxygens (including phenoxy) is 2. The Morgan fingerprint density at radius 3 is 2.11 bits per heavy atom. The molecular weight excluding hydrogens is 291 g/mol. The van der Waals surface area contributed by atoms with E-state index in [-0.39, 0.29) is 25.4 Å². The van der Waals surface area contributed by atoms with Crippen LogP contribution in [0, 0.1) is 0 Å². The number of carbonyl (C=O) groups excluding carboxylic acids is 2. The van der Waals surface area contributed by atoms with Gasteiger partial charge in [0.05, 0.1) is 19.4 Å². The van der Waals surface area contributed by atoms with E-state index in [0.717, 1.165) is 12.8 Å². The highest BCUT2D eigenvalue weighted by molar-refractivity contribution is 6.44. The lowest BCUT2D eigenvalue weighted by Gasteiger charge is -2.06. The first-order chi connectivity index (χ1) is 9.06. The van der Waals surface area contributed by atoms with Gasteiger partial charge < -0.3 is 9.47 Å². The Labute approximate surface area is 124 Å². The Hall–Kier alpha value is -0.480. The lowest BCUT2D eigenvalue weighted by molar-refractivity contribution is -0.150. The van der Waals surface area contributed by atoms with E-state index in [2.05, 4.69) is 6.92 Å². The van der Waals surface area contributed by atoms with Crippen molar-refractivity contribution in [3.63, 3.8) is 0 Å². The highest BCUT2D eigenvalue weighted by atomic mass is 35.5. The normalized spacial score (nSPS) is 10.5. The molecule has 0 N–H and O–H groups in total. The molecule has 4 nitrogen and oxygen atoms in total. The molecule has 0 saturated carbocycles. The van der Waals surface area contributed by atoms with Gasteiger partial charge in [0.25, 0.3) is 0 Å². The van der Waals surface area contributed by atoms with Crippen LogP contribution in [0.3, 0.4) is 0 Å². The molecule has 0 atom stereocenters. The average Bonchev–Trinajstić information content (AvgIpc) is 2.38. The molecule has 0 aliphatic heterocycles. The minimum atomic E-state index is -0.737. The van der Waals surface area contributed by atoms with Crippen LogP contribution < -0.4 is 0 Å². The maximum atomic E-state index is 11.3. The quantitative estimate of drug-likeness (QED) is 0.332. The molecule has 0 aromatic heterocycles. The van der Waals surface area contributed by atoms with Crippen LogP contribution in [0.1, 0.15) is 51.9 Å². The van der Waals surface area contributed by atoms with E-state index in [1.165, 1.54) is 19.3 Å². The smallest absolute Gasteiger partial charge is 0.306 e. The number of alkyl halides is 2. The maximum absolute atomic E-state index is 11.3. The molecule has 19 heavy (non-hydrogen) atoms. The van der Waals surface area contributed by atoms with E-state index in [1.54, 1.807) is 0 Å². The fourth-order valence-corrected chi connectivity index (χ4v) is 1.52. The number of esters is 2. The van der Waals surface area contributed by atoms with Crippen LogP contribution in [-0.4, -0.2) is 30.0 Å². The molecule has 0 aliphatic carbocycles. The average molecular weight is 313 g/mol. The van der Waals surface area contributed by atoms with Gasteiger partial charge in [-0.2, -0.15) is 0 Å². The fraction of sp³-hybridized carbons (Fsp3) is 0.846. The van der Waals surface area contributed by atoms with Gasteiger partial charge >= 0.3 is 11.9 Å². The third-order valence-corrected chi connectivity index (χ3v) is 2.67. The van der Waals surface area contributed by atoms with E-state index >= 15 is 0 Å². The van der Waals surface area contributed by atoms with Crippen molar-refractivity contribution in [2.24, 2.45) is 0 Å². The summed E-state index contributed by atoms with van der Waals surface area (Å²) >= 11 is 10.8. The first-order valence-corrected chi connectivity index (χ1v) is 7.53. The van der Waals surface area contributed by atoms with Gasteiger partial charge in [0.15, 0.2) is 0 Å². The summed E-state index contributed by atoms with van der Waals surface area (Å²) in [5, 5.41) is 0. The lowest BCUT2D eigenvalue weighted by atomic mass is 10.2. The zero-order valence-electron chi connectivity index (χ0n) is 11.3. The summed E-state index contributed by atoms with van der Waals surface area (Å²) < 4.78 is 9.71. The molecule has 0 rings (SSSR count). The third kappa shape index (κ3) is 13.7. The number of carbonyl (C=O) groups is 2. The van der Waals surface area contributed by atoms with Crippen molar-refractivity contribution in [2.75, 3.05) is 13.2 Å². The van der Waals surface area contributed by atoms with E-state index < -0.39 is 10.8 Å². The van der Waals surface area contributed by atoms with E-state index in [9.17, 15) is 9.59 Å². The highest BCUT2D eigenvalue weighted by Crippen LogP contribution is 2.05. The standard InChI is InChI=1S/C13H22Cl2O4/c1-2-3-4-5-6-9-18-12(16)7-8-13(17)19-10-11(14)15/h11H,2-10H2,1H3. The van der Waals surface area contributed by atoms with Crippen molar-refractivity contribution < 1.29 is 19.1 Å². The van der Waals surface area contributed by atoms with Gasteiger partial charge in [0.1, 0.15) is 11.4 Å². The van der Waals surface area contributed by atoms with Gasteiger partial charge in [-0.1, -0.05) is 32.6 Å². The summed E-state index contributed by atoms with van der Waals surface area (Å²) in [6.45, 7) is 2.51. The van der Waals surface area contributed by atoms with E-state index in [4.69, 9.17) is 32.7 Å². The number of halogens is 2. The maximum Gasteiger partial charge on any atom is 0.306 e. The molecule has 0 spiro atoms. The Kier molecular flexibility index (Phi) is 12.2. The molecular formula is C13H22Cl2O4. The van der Waals surface area contributed by atoms with Crippen molar-refractivity contribution in [1.29, 1.82) is 0 Å². The second-order valence-electron chi connectivity index (χ2n) is 4.21. The van der Waals surface area contributed by atoms with Crippen LogP contribution in [0.15, 0.2) is 0 Å². The van der Waals surface area contributed by atoms with Crippen molar-refractivity contribution in [1.82, 2.24) is 0 Å².